The highest BCUT2D eigenvalue weighted by atomic mass is 16.1. The maximum atomic E-state index is 11.5. The van der Waals surface area contributed by atoms with Crippen LogP contribution in [0.4, 0.5) is 5.69 Å². The number of ketones is 1. The molecule has 78 valence electrons. The van der Waals surface area contributed by atoms with Gasteiger partial charge in [-0.25, -0.2) is 0 Å². The fourth-order valence-electron chi connectivity index (χ4n) is 2.90. The summed E-state index contributed by atoms with van der Waals surface area (Å²) < 4.78 is 0. The van der Waals surface area contributed by atoms with Gasteiger partial charge in [0.1, 0.15) is 5.78 Å². The number of carbonyl (C=O) groups is 1. The topological polar surface area (TPSA) is 33.2 Å². The zero-order chi connectivity index (χ0) is 10.3. The first-order valence-electron chi connectivity index (χ1n) is 5.54. The van der Waals surface area contributed by atoms with Crippen molar-refractivity contribution in [3.63, 3.8) is 0 Å². The van der Waals surface area contributed by atoms with Gasteiger partial charge in [0.15, 0.2) is 0 Å². The van der Waals surface area contributed by atoms with E-state index >= 15 is 0 Å². The molecule has 0 spiro atoms. The highest BCUT2D eigenvalue weighted by Crippen LogP contribution is 2.37. The van der Waals surface area contributed by atoms with Crippen LogP contribution in [0.2, 0.25) is 0 Å². The van der Waals surface area contributed by atoms with Gasteiger partial charge in [-0.3, -0.25) is 9.78 Å². The Kier molecular flexibility index (Phi) is 1.97. The number of rotatable bonds is 1. The monoisotopic (exact) mass is 202 g/mol. The van der Waals surface area contributed by atoms with E-state index < -0.39 is 0 Å². The lowest BCUT2D eigenvalue weighted by Gasteiger charge is -2.35. The fourth-order valence-corrected chi connectivity index (χ4v) is 2.90. The van der Waals surface area contributed by atoms with Crippen molar-refractivity contribution in [1.82, 2.24) is 4.98 Å². The zero-order valence-corrected chi connectivity index (χ0v) is 8.60. The van der Waals surface area contributed by atoms with E-state index in [1.807, 2.05) is 12.3 Å². The van der Waals surface area contributed by atoms with Crippen LogP contribution in [-0.2, 0) is 4.79 Å². The predicted molar refractivity (Wildman–Crippen MR) is 57.8 cm³/mol. The van der Waals surface area contributed by atoms with Crippen LogP contribution in [0.25, 0.3) is 0 Å². The Balaban J connectivity index is 1.92. The van der Waals surface area contributed by atoms with Gasteiger partial charge < -0.3 is 4.90 Å². The SMILES string of the molecule is O=C1CC2CCC(C1)N2c1cccnc1. The van der Waals surface area contributed by atoms with E-state index in [4.69, 9.17) is 0 Å². The summed E-state index contributed by atoms with van der Waals surface area (Å²) in [6.07, 6.45) is 7.47. The van der Waals surface area contributed by atoms with E-state index in [-0.39, 0.29) is 0 Å². The van der Waals surface area contributed by atoms with Crippen molar-refractivity contribution in [3.8, 4) is 0 Å². The summed E-state index contributed by atoms with van der Waals surface area (Å²) in [5.74, 6) is 0.433. The van der Waals surface area contributed by atoms with Gasteiger partial charge in [0, 0.05) is 31.1 Å². The van der Waals surface area contributed by atoms with Crippen LogP contribution in [0.1, 0.15) is 25.7 Å². The lowest BCUT2D eigenvalue weighted by molar-refractivity contribution is -0.120. The van der Waals surface area contributed by atoms with Crippen LogP contribution in [0.15, 0.2) is 24.5 Å². The summed E-state index contributed by atoms with van der Waals surface area (Å²) in [5, 5.41) is 0. The second-order valence-electron chi connectivity index (χ2n) is 4.45. The van der Waals surface area contributed by atoms with Gasteiger partial charge >= 0.3 is 0 Å². The molecule has 0 saturated carbocycles. The number of piperidine rings is 1. The summed E-state index contributed by atoms with van der Waals surface area (Å²) in [4.78, 5) is 18.0. The molecule has 0 aliphatic carbocycles. The molecule has 2 fully saturated rings. The third-order valence-corrected chi connectivity index (χ3v) is 3.49. The predicted octanol–water partition coefficient (Wildman–Crippen LogP) is 1.78. The number of hydrogen-bond acceptors (Lipinski definition) is 3. The Morgan fingerprint density at radius 3 is 2.60 bits per heavy atom. The van der Waals surface area contributed by atoms with Crippen molar-refractivity contribution in [3.05, 3.63) is 24.5 Å². The van der Waals surface area contributed by atoms with Gasteiger partial charge in [-0.05, 0) is 25.0 Å². The number of carbonyl (C=O) groups excluding carboxylic acids is 1. The largest absolute Gasteiger partial charge is 0.363 e. The number of aromatic nitrogens is 1. The molecule has 15 heavy (non-hydrogen) atoms. The molecule has 2 aliphatic heterocycles. The summed E-state index contributed by atoms with van der Waals surface area (Å²) >= 11 is 0. The first-order chi connectivity index (χ1) is 7.34. The van der Waals surface area contributed by atoms with Crippen LogP contribution >= 0.6 is 0 Å². The van der Waals surface area contributed by atoms with E-state index in [1.54, 1.807) is 6.20 Å². The Morgan fingerprint density at radius 1 is 1.27 bits per heavy atom. The van der Waals surface area contributed by atoms with Crippen LogP contribution in [0.5, 0.6) is 0 Å². The average Bonchev–Trinajstić information content (AvgIpc) is 2.53. The highest BCUT2D eigenvalue weighted by Gasteiger charge is 2.39. The number of anilines is 1. The van der Waals surface area contributed by atoms with Gasteiger partial charge in [0.2, 0.25) is 0 Å². The van der Waals surface area contributed by atoms with Crippen molar-refractivity contribution < 1.29 is 4.79 Å². The summed E-state index contributed by atoms with van der Waals surface area (Å²) in [7, 11) is 0. The molecular formula is C12H14N2O. The van der Waals surface area contributed by atoms with Gasteiger partial charge in [0.05, 0.1) is 11.9 Å². The minimum Gasteiger partial charge on any atom is -0.363 e. The maximum Gasteiger partial charge on any atom is 0.137 e. The van der Waals surface area contributed by atoms with Crippen molar-refractivity contribution in [2.45, 2.75) is 37.8 Å². The molecule has 2 atom stereocenters. The van der Waals surface area contributed by atoms with Crippen LogP contribution in [-0.4, -0.2) is 22.9 Å². The second-order valence-corrected chi connectivity index (χ2v) is 4.45. The van der Waals surface area contributed by atoms with Gasteiger partial charge in [-0.1, -0.05) is 0 Å². The van der Waals surface area contributed by atoms with Crippen molar-refractivity contribution in [2.75, 3.05) is 4.90 Å². The van der Waals surface area contributed by atoms with E-state index in [0.29, 0.717) is 17.9 Å². The third kappa shape index (κ3) is 1.42. The Hall–Kier alpha value is -1.38. The van der Waals surface area contributed by atoms with Crippen LogP contribution in [0.3, 0.4) is 0 Å². The van der Waals surface area contributed by atoms with E-state index in [2.05, 4.69) is 16.0 Å². The smallest absolute Gasteiger partial charge is 0.137 e. The fraction of sp³-hybridized carbons (Fsp3) is 0.500. The molecule has 0 radical (unpaired) electrons. The number of fused-ring (bicyclic) bond motifs is 2. The number of pyridine rings is 1. The molecule has 0 N–H and O–H groups in total. The molecule has 3 rings (SSSR count). The Labute approximate surface area is 89.1 Å². The van der Waals surface area contributed by atoms with Gasteiger partial charge in [-0.15, -0.1) is 0 Å². The Morgan fingerprint density at radius 2 is 2.00 bits per heavy atom. The normalized spacial score (nSPS) is 29.6. The number of nitrogens with zero attached hydrogens (tertiary/aromatic N) is 2. The number of hydrogen-bond donors (Lipinski definition) is 0. The molecule has 0 aromatic carbocycles. The first kappa shape index (κ1) is 8.89. The zero-order valence-electron chi connectivity index (χ0n) is 8.60. The average molecular weight is 202 g/mol. The molecule has 2 aliphatic rings. The third-order valence-electron chi connectivity index (χ3n) is 3.49. The molecular weight excluding hydrogens is 188 g/mol. The summed E-state index contributed by atoms with van der Waals surface area (Å²) in [6, 6.07) is 4.92. The lowest BCUT2D eigenvalue weighted by Crippen LogP contribution is -2.43. The highest BCUT2D eigenvalue weighted by molar-refractivity contribution is 5.83. The maximum absolute atomic E-state index is 11.5. The van der Waals surface area contributed by atoms with Crippen molar-refractivity contribution in [1.29, 1.82) is 0 Å². The van der Waals surface area contributed by atoms with Gasteiger partial charge in [-0.2, -0.15) is 0 Å². The molecule has 3 heteroatoms. The van der Waals surface area contributed by atoms with Crippen LogP contribution < -0.4 is 4.90 Å². The molecule has 1 aromatic rings. The van der Waals surface area contributed by atoms with Crippen LogP contribution in [0, 0.1) is 0 Å². The minimum atomic E-state index is 0.431. The quantitative estimate of drug-likeness (QED) is 0.696. The standard InChI is InChI=1S/C12H14N2O/c15-12-6-9-3-4-10(7-12)14(9)11-2-1-5-13-8-11/h1-2,5,8-10H,3-4,6-7H2. The Bertz CT molecular complexity index is 360. The molecule has 1 aromatic heterocycles. The molecule has 3 nitrogen and oxygen atoms in total. The van der Waals surface area contributed by atoms with Crippen molar-refractivity contribution >= 4 is 11.5 Å². The summed E-state index contributed by atoms with van der Waals surface area (Å²) in [5.41, 5.74) is 1.18. The van der Waals surface area contributed by atoms with E-state index in [1.165, 1.54) is 5.69 Å². The van der Waals surface area contributed by atoms with E-state index in [0.717, 1.165) is 25.7 Å². The molecule has 0 amide bonds. The number of Topliss-reactive ketones (excluding diaryl/α,β-unsaturated/α-hetero) is 1. The lowest BCUT2D eigenvalue weighted by atomic mass is 10.0. The molecule has 2 saturated heterocycles. The summed E-state index contributed by atoms with van der Waals surface area (Å²) in [6.45, 7) is 0. The molecule has 2 unspecified atom stereocenters. The van der Waals surface area contributed by atoms with E-state index in [9.17, 15) is 4.79 Å². The molecule has 3 heterocycles. The van der Waals surface area contributed by atoms with Crippen molar-refractivity contribution in [2.24, 2.45) is 0 Å². The minimum absolute atomic E-state index is 0.431. The second kappa shape index (κ2) is 3.33. The first-order valence-corrected chi connectivity index (χ1v) is 5.54. The molecule has 2 bridgehead atoms. The van der Waals surface area contributed by atoms with Gasteiger partial charge in [0.25, 0.3) is 0 Å².